The van der Waals surface area contributed by atoms with E-state index in [4.69, 9.17) is 9.47 Å². The highest BCUT2D eigenvalue weighted by atomic mass is 16.6. The largest absolute Gasteiger partial charge is 0.494 e. The van der Waals surface area contributed by atoms with Gasteiger partial charge in [0.1, 0.15) is 17.1 Å². The number of ether oxygens (including phenoxy) is 2. The third-order valence-electron chi connectivity index (χ3n) is 6.43. The Morgan fingerprint density at radius 1 is 1.10 bits per heavy atom. The van der Waals surface area contributed by atoms with Gasteiger partial charge in [-0.05, 0) is 26.2 Å². The van der Waals surface area contributed by atoms with Crippen LogP contribution in [-0.2, 0) is 11.8 Å². The molecule has 4 aromatic rings. The number of nitrogens with zero attached hydrogens (tertiary/aromatic N) is 6. The van der Waals surface area contributed by atoms with Gasteiger partial charge in [-0.15, -0.1) is 0 Å². The molecule has 0 fully saturated rings. The Bertz CT molecular complexity index is 1530. The predicted molar refractivity (Wildman–Crippen MR) is 161 cm³/mol. The van der Waals surface area contributed by atoms with Gasteiger partial charge in [0.25, 0.3) is 5.69 Å². The van der Waals surface area contributed by atoms with Gasteiger partial charge in [0.05, 0.1) is 30.5 Å². The van der Waals surface area contributed by atoms with E-state index in [2.05, 4.69) is 15.3 Å². The molecule has 2 heterocycles. The molecule has 0 bridgehead atoms. The molecule has 0 saturated carbocycles. The predicted octanol–water partition coefficient (Wildman–Crippen LogP) is 5.11. The van der Waals surface area contributed by atoms with Crippen molar-refractivity contribution in [1.82, 2.24) is 19.4 Å². The van der Waals surface area contributed by atoms with Crippen molar-refractivity contribution in [3.05, 3.63) is 64.5 Å². The van der Waals surface area contributed by atoms with E-state index in [1.54, 1.807) is 37.0 Å². The van der Waals surface area contributed by atoms with Crippen LogP contribution in [0, 0.1) is 10.1 Å². The van der Waals surface area contributed by atoms with Crippen molar-refractivity contribution in [2.45, 2.75) is 13.8 Å². The molecule has 2 aromatic heterocycles. The number of carbonyl (C=O) groups excluding carboxylic acids is 1. The summed E-state index contributed by atoms with van der Waals surface area (Å²) in [7, 11) is 10.3. The highest BCUT2D eigenvalue weighted by Crippen LogP contribution is 2.39. The van der Waals surface area contributed by atoms with E-state index in [0.717, 1.165) is 17.4 Å². The van der Waals surface area contributed by atoms with Crippen LogP contribution in [0.15, 0.2) is 48.7 Å². The number of hydrogen-bond acceptors (Lipinski definition) is 10. The van der Waals surface area contributed by atoms with E-state index in [1.165, 1.54) is 20.3 Å². The minimum atomic E-state index is -0.497. The first-order valence-corrected chi connectivity index (χ1v) is 13.1. The lowest BCUT2D eigenvalue weighted by molar-refractivity contribution is -0.384. The van der Waals surface area contributed by atoms with Crippen molar-refractivity contribution in [1.29, 1.82) is 0 Å². The number of rotatable bonds is 10. The number of para-hydroxylation sites is 1. The number of carbonyl (C=O) groups is 1. The standard InChI is InChI=1S/C27H31N7O5.C2H6/c1-31(2)13-14-32(3)21-16-23(38-5)19(15-22(21)34(36)37)30-27-28-12-11-18(29-27)24-17-9-7-8-10-20(17)33(4)25(24)26(35)39-6;1-2/h7-12,15-16H,13-14H2,1-6H3,(H,28,29,30);1-2H3. The van der Waals surface area contributed by atoms with Gasteiger partial charge in [-0.1, -0.05) is 32.0 Å². The van der Waals surface area contributed by atoms with Crippen molar-refractivity contribution in [2.24, 2.45) is 7.05 Å². The minimum Gasteiger partial charge on any atom is -0.494 e. The molecule has 218 valence electrons. The number of nitrogens with one attached hydrogen (secondary N) is 1. The SMILES string of the molecule is CC.COC(=O)c1c(-c2ccnc(Nc3cc([N+](=O)[O-])c(N(C)CCN(C)C)cc3OC)n2)c2ccccc2n1C. The van der Waals surface area contributed by atoms with Crippen LogP contribution >= 0.6 is 0 Å². The number of likely N-dealkylation sites (N-methyl/N-ethyl adjacent to an activating group) is 2. The summed E-state index contributed by atoms with van der Waals surface area (Å²) in [6.45, 7) is 5.31. The molecule has 0 radical (unpaired) electrons. The van der Waals surface area contributed by atoms with E-state index in [9.17, 15) is 14.9 Å². The smallest absolute Gasteiger partial charge is 0.355 e. The second kappa shape index (κ2) is 13.6. The zero-order valence-corrected chi connectivity index (χ0v) is 24.8. The van der Waals surface area contributed by atoms with Crippen molar-refractivity contribution in [2.75, 3.05) is 58.7 Å². The molecule has 12 heteroatoms. The highest BCUT2D eigenvalue weighted by molar-refractivity contribution is 6.08. The van der Waals surface area contributed by atoms with Gasteiger partial charge in [0, 0.05) is 62.0 Å². The molecule has 0 aliphatic carbocycles. The average Bonchev–Trinajstić information content (AvgIpc) is 3.28. The first-order valence-electron chi connectivity index (χ1n) is 13.1. The minimum absolute atomic E-state index is 0.0854. The number of nitro groups is 1. The fourth-order valence-electron chi connectivity index (χ4n) is 4.41. The second-order valence-electron chi connectivity index (χ2n) is 9.20. The molecule has 0 unspecified atom stereocenters. The number of aryl methyl sites for hydroxylation is 1. The topological polar surface area (TPSA) is 128 Å². The first-order chi connectivity index (χ1) is 19.7. The number of esters is 1. The van der Waals surface area contributed by atoms with Gasteiger partial charge in [-0.3, -0.25) is 10.1 Å². The Balaban J connectivity index is 0.00000226. The number of methoxy groups -OCH3 is 2. The van der Waals surface area contributed by atoms with Crippen molar-refractivity contribution in [3.8, 4) is 17.0 Å². The van der Waals surface area contributed by atoms with Crippen molar-refractivity contribution < 1.29 is 19.2 Å². The fraction of sp³-hybridized carbons (Fsp3) is 0.345. The molecule has 4 rings (SSSR count). The molecule has 0 aliphatic heterocycles. The number of hydrogen-bond donors (Lipinski definition) is 1. The van der Waals surface area contributed by atoms with E-state index in [1.807, 2.05) is 62.0 Å². The van der Waals surface area contributed by atoms with Crippen LogP contribution in [0.4, 0.5) is 23.0 Å². The fourth-order valence-corrected chi connectivity index (χ4v) is 4.41. The van der Waals surface area contributed by atoms with Crippen molar-refractivity contribution in [3.63, 3.8) is 0 Å². The second-order valence-corrected chi connectivity index (χ2v) is 9.20. The summed E-state index contributed by atoms with van der Waals surface area (Å²) in [5.74, 6) is 0.0716. The Kier molecular flexibility index (Phi) is 10.2. The van der Waals surface area contributed by atoms with Gasteiger partial charge in [0.2, 0.25) is 5.95 Å². The maximum Gasteiger partial charge on any atom is 0.355 e. The summed E-state index contributed by atoms with van der Waals surface area (Å²) < 4.78 is 12.4. The summed E-state index contributed by atoms with van der Waals surface area (Å²) in [6.07, 6.45) is 1.55. The van der Waals surface area contributed by atoms with Gasteiger partial charge in [0.15, 0.2) is 0 Å². The Morgan fingerprint density at radius 3 is 2.44 bits per heavy atom. The van der Waals surface area contributed by atoms with Crippen LogP contribution in [0.5, 0.6) is 5.75 Å². The Hall–Kier alpha value is -4.71. The molecule has 2 aromatic carbocycles. The molecule has 0 atom stereocenters. The van der Waals surface area contributed by atoms with Crippen LogP contribution in [0.2, 0.25) is 0 Å². The first kappa shape index (κ1) is 30.8. The highest BCUT2D eigenvalue weighted by Gasteiger charge is 2.25. The average molecular weight is 564 g/mol. The number of nitro benzene ring substituents is 1. The van der Waals surface area contributed by atoms with Crippen LogP contribution in [0.3, 0.4) is 0 Å². The van der Waals surface area contributed by atoms with Crippen LogP contribution < -0.4 is 15.0 Å². The lowest BCUT2D eigenvalue weighted by Crippen LogP contribution is -2.28. The summed E-state index contributed by atoms with van der Waals surface area (Å²) in [5, 5.41) is 15.9. The van der Waals surface area contributed by atoms with Crippen molar-refractivity contribution >= 4 is 39.9 Å². The molecule has 0 aliphatic rings. The van der Waals surface area contributed by atoms with Crippen LogP contribution in [0.1, 0.15) is 24.3 Å². The summed E-state index contributed by atoms with van der Waals surface area (Å²) >= 11 is 0. The third-order valence-corrected chi connectivity index (χ3v) is 6.43. The number of fused-ring (bicyclic) bond motifs is 1. The maximum atomic E-state index is 12.7. The van der Waals surface area contributed by atoms with Gasteiger partial charge in [-0.2, -0.15) is 0 Å². The number of aromatic nitrogens is 3. The summed E-state index contributed by atoms with van der Waals surface area (Å²) in [5.41, 5.74) is 2.95. The Morgan fingerprint density at radius 2 is 1.80 bits per heavy atom. The summed E-state index contributed by atoms with van der Waals surface area (Å²) in [6, 6.07) is 12.3. The molecular formula is C29H37N7O5. The van der Waals surface area contributed by atoms with E-state index in [0.29, 0.717) is 40.6 Å². The third kappa shape index (κ3) is 6.55. The van der Waals surface area contributed by atoms with E-state index in [-0.39, 0.29) is 11.6 Å². The molecule has 12 nitrogen and oxygen atoms in total. The normalized spacial score (nSPS) is 10.7. The molecule has 0 amide bonds. The van der Waals surface area contributed by atoms with Gasteiger partial charge >= 0.3 is 5.97 Å². The maximum absolute atomic E-state index is 12.7. The van der Waals surface area contributed by atoms with Crippen LogP contribution in [-0.4, -0.2) is 78.8 Å². The summed E-state index contributed by atoms with van der Waals surface area (Å²) in [4.78, 5) is 37.1. The molecule has 0 spiro atoms. The molecule has 41 heavy (non-hydrogen) atoms. The zero-order valence-electron chi connectivity index (χ0n) is 24.8. The lowest BCUT2D eigenvalue weighted by atomic mass is 10.1. The Labute approximate surface area is 239 Å². The number of benzene rings is 2. The van der Waals surface area contributed by atoms with E-state index < -0.39 is 10.9 Å². The molecule has 1 N–H and O–H groups in total. The molecular weight excluding hydrogens is 526 g/mol. The van der Waals surface area contributed by atoms with E-state index >= 15 is 0 Å². The van der Waals surface area contributed by atoms with Gasteiger partial charge < -0.3 is 29.2 Å². The van der Waals surface area contributed by atoms with Gasteiger partial charge in [-0.25, -0.2) is 14.8 Å². The zero-order chi connectivity index (χ0) is 30.3. The quantitative estimate of drug-likeness (QED) is 0.158. The number of anilines is 3. The lowest BCUT2D eigenvalue weighted by Gasteiger charge is -2.22. The van der Waals surface area contributed by atoms with Crippen LogP contribution in [0.25, 0.3) is 22.2 Å². The monoisotopic (exact) mass is 563 g/mol. The molecule has 0 saturated heterocycles.